The van der Waals surface area contributed by atoms with E-state index >= 15 is 0 Å². The second-order valence-electron chi connectivity index (χ2n) is 3.16. The van der Waals surface area contributed by atoms with E-state index in [4.69, 9.17) is 16.2 Å². The van der Waals surface area contributed by atoms with Crippen molar-refractivity contribution in [2.45, 2.75) is 39.6 Å². The first-order valence-corrected chi connectivity index (χ1v) is 3.58. The van der Waals surface area contributed by atoms with Crippen molar-refractivity contribution in [3.63, 3.8) is 0 Å². The Morgan fingerprint density at radius 1 is 1.30 bits per heavy atom. The molecule has 0 radical (unpaired) electrons. The molecule has 0 aromatic carbocycles. The van der Waals surface area contributed by atoms with Gasteiger partial charge < -0.3 is 16.2 Å². The van der Waals surface area contributed by atoms with E-state index in [0.29, 0.717) is 0 Å². The molecular weight excluding hydrogens is 128 g/mol. The maximum Gasteiger partial charge on any atom is 0.118 e. The first-order valence-electron chi connectivity index (χ1n) is 3.58. The second kappa shape index (κ2) is 3.32. The van der Waals surface area contributed by atoms with E-state index in [0.717, 1.165) is 0 Å². The molecule has 0 aromatic rings. The number of hydrogen-bond acceptors (Lipinski definition) is 3. The van der Waals surface area contributed by atoms with Crippen molar-refractivity contribution in [2.75, 3.05) is 0 Å². The molecule has 0 aliphatic rings. The molecule has 0 rings (SSSR count). The molecule has 0 aromatic heterocycles. The zero-order valence-electron chi connectivity index (χ0n) is 7.22. The van der Waals surface area contributed by atoms with Gasteiger partial charge in [-0.2, -0.15) is 0 Å². The van der Waals surface area contributed by atoms with Crippen LogP contribution in [0.5, 0.6) is 0 Å². The fourth-order valence-electron chi connectivity index (χ4n) is 0.537. The van der Waals surface area contributed by atoms with Crippen LogP contribution < -0.4 is 11.5 Å². The average Bonchev–Trinajstić information content (AvgIpc) is 1.60. The summed E-state index contributed by atoms with van der Waals surface area (Å²) in [5, 5.41) is 0. The molecule has 0 bridgehead atoms. The van der Waals surface area contributed by atoms with Gasteiger partial charge in [-0.3, -0.25) is 0 Å². The molecule has 3 nitrogen and oxygen atoms in total. The van der Waals surface area contributed by atoms with E-state index in [9.17, 15) is 0 Å². The van der Waals surface area contributed by atoms with Crippen LogP contribution >= 0.6 is 0 Å². The van der Waals surface area contributed by atoms with Crippen molar-refractivity contribution in [1.82, 2.24) is 0 Å². The summed E-state index contributed by atoms with van der Waals surface area (Å²) in [4.78, 5) is 0. The van der Waals surface area contributed by atoms with E-state index in [1.54, 1.807) is 6.92 Å². The summed E-state index contributed by atoms with van der Waals surface area (Å²) < 4.78 is 5.25. The Labute approximate surface area is 62.7 Å². The van der Waals surface area contributed by atoms with Gasteiger partial charge >= 0.3 is 0 Å². The van der Waals surface area contributed by atoms with Crippen molar-refractivity contribution in [3.8, 4) is 0 Å². The lowest BCUT2D eigenvalue weighted by Gasteiger charge is -2.30. The highest BCUT2D eigenvalue weighted by Crippen LogP contribution is 2.14. The minimum atomic E-state index is -0.603. The van der Waals surface area contributed by atoms with Crippen molar-refractivity contribution >= 4 is 0 Å². The molecule has 3 heteroatoms. The van der Waals surface area contributed by atoms with Crippen LogP contribution in [-0.4, -0.2) is 12.0 Å². The summed E-state index contributed by atoms with van der Waals surface area (Å²) in [5.41, 5.74) is 10.6. The van der Waals surface area contributed by atoms with Crippen LogP contribution in [0.25, 0.3) is 0 Å². The van der Waals surface area contributed by atoms with Crippen LogP contribution in [0.1, 0.15) is 27.7 Å². The zero-order valence-corrected chi connectivity index (χ0v) is 7.22. The molecule has 0 aliphatic carbocycles. The van der Waals surface area contributed by atoms with E-state index in [1.165, 1.54) is 0 Å². The number of hydrogen-bond donors (Lipinski definition) is 2. The molecular formula is C7H18N2O. The lowest BCUT2D eigenvalue weighted by molar-refractivity contribution is -0.0966. The summed E-state index contributed by atoms with van der Waals surface area (Å²) in [7, 11) is 0. The molecule has 0 fully saturated rings. The van der Waals surface area contributed by atoms with E-state index in [-0.39, 0.29) is 12.1 Å². The van der Waals surface area contributed by atoms with Crippen LogP contribution in [0.2, 0.25) is 0 Å². The first-order chi connectivity index (χ1) is 4.36. The molecule has 0 saturated carbocycles. The van der Waals surface area contributed by atoms with Gasteiger partial charge in [0.25, 0.3) is 0 Å². The molecule has 62 valence electrons. The van der Waals surface area contributed by atoms with Gasteiger partial charge in [-0.05, 0) is 19.8 Å². The van der Waals surface area contributed by atoms with Gasteiger partial charge in [0.2, 0.25) is 0 Å². The largest absolute Gasteiger partial charge is 0.343 e. The standard InChI is InChI=1S/C7H18N2O/c1-5(2)7(4,9)10-6(3)8/h5-6H,8-9H2,1-4H3. The third-order valence-corrected chi connectivity index (χ3v) is 1.59. The Hall–Kier alpha value is -0.120. The molecule has 0 aliphatic heterocycles. The normalized spacial score (nSPS) is 20.7. The highest BCUT2D eigenvalue weighted by molar-refractivity contribution is 4.71. The molecule has 0 amide bonds. The van der Waals surface area contributed by atoms with Gasteiger partial charge in [0.05, 0.1) is 0 Å². The topological polar surface area (TPSA) is 61.3 Å². The van der Waals surface area contributed by atoms with Crippen molar-refractivity contribution in [1.29, 1.82) is 0 Å². The summed E-state index contributed by atoms with van der Waals surface area (Å²) >= 11 is 0. The van der Waals surface area contributed by atoms with Crippen molar-refractivity contribution in [2.24, 2.45) is 17.4 Å². The minimum absolute atomic E-state index is 0.276. The number of nitrogens with two attached hydrogens (primary N) is 2. The lowest BCUT2D eigenvalue weighted by atomic mass is 10.0. The van der Waals surface area contributed by atoms with E-state index in [2.05, 4.69) is 0 Å². The van der Waals surface area contributed by atoms with Gasteiger partial charge in [-0.15, -0.1) is 0 Å². The second-order valence-corrected chi connectivity index (χ2v) is 3.16. The van der Waals surface area contributed by atoms with Crippen molar-refractivity contribution < 1.29 is 4.74 Å². The van der Waals surface area contributed by atoms with Crippen molar-refractivity contribution in [3.05, 3.63) is 0 Å². The maximum atomic E-state index is 5.76. The monoisotopic (exact) mass is 146 g/mol. The Bertz CT molecular complexity index is 99.8. The zero-order chi connectivity index (χ0) is 8.36. The van der Waals surface area contributed by atoms with Crippen LogP contribution in [-0.2, 0) is 4.74 Å². The third-order valence-electron chi connectivity index (χ3n) is 1.59. The summed E-state index contributed by atoms with van der Waals surface area (Å²) in [6.45, 7) is 7.61. The van der Waals surface area contributed by atoms with Gasteiger partial charge in [0.1, 0.15) is 12.0 Å². The summed E-state index contributed by atoms with van der Waals surface area (Å²) in [5.74, 6) is 0.276. The minimum Gasteiger partial charge on any atom is -0.343 e. The fourth-order valence-corrected chi connectivity index (χ4v) is 0.537. The van der Waals surface area contributed by atoms with Gasteiger partial charge in [0.15, 0.2) is 0 Å². The lowest BCUT2D eigenvalue weighted by Crippen LogP contribution is -2.48. The van der Waals surface area contributed by atoms with E-state index < -0.39 is 5.72 Å². The summed E-state index contributed by atoms with van der Waals surface area (Å²) in [6.07, 6.45) is -0.294. The highest BCUT2D eigenvalue weighted by Gasteiger charge is 2.24. The average molecular weight is 146 g/mol. The van der Waals surface area contributed by atoms with Gasteiger partial charge in [0, 0.05) is 0 Å². The first kappa shape index (κ1) is 9.88. The van der Waals surface area contributed by atoms with Crippen LogP contribution in [0.15, 0.2) is 0 Å². The molecule has 2 atom stereocenters. The molecule has 0 spiro atoms. The van der Waals surface area contributed by atoms with Crippen LogP contribution in [0.4, 0.5) is 0 Å². The fraction of sp³-hybridized carbons (Fsp3) is 1.00. The van der Waals surface area contributed by atoms with E-state index in [1.807, 2.05) is 20.8 Å². The number of rotatable bonds is 3. The van der Waals surface area contributed by atoms with Crippen LogP contribution in [0, 0.1) is 5.92 Å². The molecule has 0 heterocycles. The number of ether oxygens (including phenoxy) is 1. The maximum absolute atomic E-state index is 5.76. The predicted molar refractivity (Wildman–Crippen MR) is 42.2 cm³/mol. The molecule has 2 unspecified atom stereocenters. The van der Waals surface area contributed by atoms with Gasteiger partial charge in [-0.1, -0.05) is 13.8 Å². The Morgan fingerprint density at radius 3 is 1.80 bits per heavy atom. The molecule has 10 heavy (non-hydrogen) atoms. The smallest absolute Gasteiger partial charge is 0.118 e. The third kappa shape index (κ3) is 3.15. The predicted octanol–water partition coefficient (Wildman–Crippen LogP) is 0.639. The van der Waals surface area contributed by atoms with Gasteiger partial charge in [-0.25, -0.2) is 0 Å². The van der Waals surface area contributed by atoms with Crippen LogP contribution in [0.3, 0.4) is 0 Å². The Morgan fingerprint density at radius 2 is 1.70 bits per heavy atom. The quantitative estimate of drug-likeness (QED) is 0.574. The summed E-state index contributed by atoms with van der Waals surface area (Å²) in [6, 6.07) is 0. The molecule has 4 N–H and O–H groups in total. The SMILES string of the molecule is CC(N)OC(C)(N)C(C)C. The Kier molecular flexibility index (Phi) is 3.28. The molecule has 0 saturated heterocycles. The highest BCUT2D eigenvalue weighted by atomic mass is 16.5. The Balaban J connectivity index is 3.87.